The molecule has 0 unspecified atom stereocenters. The summed E-state index contributed by atoms with van der Waals surface area (Å²) in [5, 5.41) is 4.17. The number of rotatable bonds is 6. The van der Waals surface area contributed by atoms with Crippen molar-refractivity contribution in [3.05, 3.63) is 18.0 Å². The van der Waals surface area contributed by atoms with E-state index in [0.29, 0.717) is 12.8 Å². The topological polar surface area (TPSA) is 61.7 Å². The van der Waals surface area contributed by atoms with Crippen LogP contribution in [0.2, 0.25) is 0 Å². The second kappa shape index (κ2) is 8.42. The fourth-order valence-electron chi connectivity index (χ4n) is 4.39. The Balaban J connectivity index is 1.57. The summed E-state index contributed by atoms with van der Waals surface area (Å²) in [5.41, 5.74) is 1.19. The standard InChI is InChI=1S/C20H33N5O2/c1-22(2)11-12-25-16-20(9-7-19(25)27)8-4-10-24(15-20)18(26)6-5-17-13-21-23(3)14-17/h13-14H,4-12,15-16H2,1-3H3/t20-/m0/s1. The minimum absolute atomic E-state index is 0.0857. The highest BCUT2D eigenvalue weighted by atomic mass is 16.2. The highest BCUT2D eigenvalue weighted by Gasteiger charge is 2.42. The number of nitrogens with zero attached hydrogens (tertiary/aromatic N) is 5. The third-order valence-electron chi connectivity index (χ3n) is 5.97. The molecule has 3 rings (SSSR count). The van der Waals surface area contributed by atoms with Gasteiger partial charge >= 0.3 is 0 Å². The molecule has 2 aliphatic heterocycles. The molecule has 7 nitrogen and oxygen atoms in total. The number of likely N-dealkylation sites (N-methyl/N-ethyl adjacent to an activating group) is 1. The van der Waals surface area contributed by atoms with Gasteiger partial charge in [0, 0.05) is 64.2 Å². The average molecular weight is 376 g/mol. The van der Waals surface area contributed by atoms with Gasteiger partial charge in [-0.3, -0.25) is 14.3 Å². The Morgan fingerprint density at radius 3 is 2.81 bits per heavy atom. The zero-order valence-corrected chi connectivity index (χ0v) is 17.0. The maximum atomic E-state index is 12.8. The summed E-state index contributed by atoms with van der Waals surface area (Å²) in [6.45, 7) is 4.11. The predicted octanol–water partition coefficient (Wildman–Crippen LogP) is 1.15. The van der Waals surface area contributed by atoms with Crippen molar-refractivity contribution >= 4 is 11.8 Å². The quantitative estimate of drug-likeness (QED) is 0.748. The zero-order chi connectivity index (χ0) is 19.4. The Morgan fingerprint density at radius 1 is 1.30 bits per heavy atom. The molecule has 2 amide bonds. The lowest BCUT2D eigenvalue weighted by molar-refractivity contribution is -0.143. The number of aryl methyl sites for hydroxylation is 2. The number of likely N-dealkylation sites (tertiary alicyclic amines) is 2. The van der Waals surface area contributed by atoms with Gasteiger partial charge in [-0.2, -0.15) is 5.10 Å². The molecule has 0 aromatic carbocycles. The maximum absolute atomic E-state index is 12.8. The maximum Gasteiger partial charge on any atom is 0.222 e. The molecule has 150 valence electrons. The van der Waals surface area contributed by atoms with Crippen molar-refractivity contribution in [2.75, 3.05) is 46.8 Å². The van der Waals surface area contributed by atoms with E-state index in [1.54, 1.807) is 4.68 Å². The number of carbonyl (C=O) groups excluding carboxylic acids is 2. The molecule has 2 saturated heterocycles. The van der Waals surface area contributed by atoms with Gasteiger partial charge in [-0.1, -0.05) is 0 Å². The number of amides is 2. The van der Waals surface area contributed by atoms with Gasteiger partial charge in [0.1, 0.15) is 0 Å². The number of hydrogen-bond acceptors (Lipinski definition) is 4. The zero-order valence-electron chi connectivity index (χ0n) is 17.0. The van der Waals surface area contributed by atoms with Crippen LogP contribution in [-0.4, -0.2) is 83.1 Å². The van der Waals surface area contributed by atoms with Crippen LogP contribution >= 0.6 is 0 Å². The molecule has 0 bridgehead atoms. The van der Waals surface area contributed by atoms with Gasteiger partial charge < -0.3 is 14.7 Å². The Bertz CT molecular complexity index is 671. The molecular weight excluding hydrogens is 342 g/mol. The lowest BCUT2D eigenvalue weighted by Gasteiger charge is -2.48. The smallest absolute Gasteiger partial charge is 0.222 e. The molecule has 1 atom stereocenters. The van der Waals surface area contributed by atoms with E-state index < -0.39 is 0 Å². The van der Waals surface area contributed by atoms with Crippen LogP contribution in [0.4, 0.5) is 0 Å². The molecule has 0 aliphatic carbocycles. The van der Waals surface area contributed by atoms with Gasteiger partial charge in [0.25, 0.3) is 0 Å². The van der Waals surface area contributed by atoms with E-state index in [1.165, 1.54) is 0 Å². The van der Waals surface area contributed by atoms with Gasteiger partial charge in [-0.15, -0.1) is 0 Å². The first-order chi connectivity index (χ1) is 12.9. The summed E-state index contributed by atoms with van der Waals surface area (Å²) >= 11 is 0. The molecule has 0 saturated carbocycles. The summed E-state index contributed by atoms with van der Waals surface area (Å²) in [6, 6.07) is 0. The first-order valence-electron chi connectivity index (χ1n) is 10.0. The first-order valence-corrected chi connectivity index (χ1v) is 10.0. The Labute approximate surface area is 162 Å². The summed E-state index contributed by atoms with van der Waals surface area (Å²) in [7, 11) is 5.97. The van der Waals surface area contributed by atoms with Crippen LogP contribution in [-0.2, 0) is 23.1 Å². The number of hydrogen-bond donors (Lipinski definition) is 0. The number of aromatic nitrogens is 2. The van der Waals surface area contributed by atoms with Gasteiger partial charge in [-0.05, 0) is 45.3 Å². The van der Waals surface area contributed by atoms with Gasteiger partial charge in [0.2, 0.25) is 11.8 Å². The van der Waals surface area contributed by atoms with Crippen molar-refractivity contribution in [3.8, 4) is 0 Å². The second-order valence-corrected chi connectivity index (χ2v) is 8.56. The average Bonchev–Trinajstić information content (AvgIpc) is 3.06. The van der Waals surface area contributed by atoms with E-state index >= 15 is 0 Å². The predicted molar refractivity (Wildman–Crippen MR) is 104 cm³/mol. The van der Waals surface area contributed by atoms with Crippen molar-refractivity contribution in [1.29, 1.82) is 0 Å². The molecule has 2 aliphatic rings. The molecule has 3 heterocycles. The minimum Gasteiger partial charge on any atom is -0.342 e. The minimum atomic E-state index is 0.0857. The molecule has 1 aromatic heterocycles. The molecular formula is C20H33N5O2. The number of piperidine rings is 2. The van der Waals surface area contributed by atoms with Crippen LogP contribution in [0.15, 0.2) is 12.4 Å². The van der Waals surface area contributed by atoms with Gasteiger partial charge in [0.05, 0.1) is 6.20 Å². The van der Waals surface area contributed by atoms with E-state index in [2.05, 4.69) is 10.00 Å². The van der Waals surface area contributed by atoms with Crippen LogP contribution in [0.3, 0.4) is 0 Å². The summed E-state index contributed by atoms with van der Waals surface area (Å²) in [6.07, 6.45) is 8.76. The van der Waals surface area contributed by atoms with E-state index in [4.69, 9.17) is 0 Å². The Kier molecular flexibility index (Phi) is 6.19. The largest absolute Gasteiger partial charge is 0.342 e. The summed E-state index contributed by atoms with van der Waals surface area (Å²) in [5.74, 6) is 0.497. The lowest BCUT2D eigenvalue weighted by atomic mass is 9.73. The number of carbonyl (C=O) groups is 2. The normalized spacial score (nSPS) is 23.5. The van der Waals surface area contributed by atoms with E-state index in [9.17, 15) is 9.59 Å². The van der Waals surface area contributed by atoms with E-state index in [-0.39, 0.29) is 17.2 Å². The molecule has 0 N–H and O–H groups in total. The van der Waals surface area contributed by atoms with E-state index in [0.717, 1.165) is 64.0 Å². The lowest BCUT2D eigenvalue weighted by Crippen LogP contribution is -2.55. The SMILES string of the molecule is CN(C)CCN1C[C@@]2(CCCN(C(=O)CCc3cnn(C)c3)C2)CCC1=O. The van der Waals surface area contributed by atoms with Crippen molar-refractivity contribution in [3.63, 3.8) is 0 Å². The van der Waals surface area contributed by atoms with Crippen molar-refractivity contribution in [2.24, 2.45) is 12.5 Å². The van der Waals surface area contributed by atoms with Crippen LogP contribution in [0.25, 0.3) is 0 Å². The molecule has 7 heteroatoms. The van der Waals surface area contributed by atoms with Gasteiger partial charge in [-0.25, -0.2) is 0 Å². The highest BCUT2D eigenvalue weighted by Crippen LogP contribution is 2.39. The molecule has 2 fully saturated rings. The van der Waals surface area contributed by atoms with Crippen molar-refractivity contribution in [2.45, 2.75) is 38.5 Å². The van der Waals surface area contributed by atoms with Crippen LogP contribution in [0.1, 0.15) is 37.7 Å². The Morgan fingerprint density at radius 2 is 2.11 bits per heavy atom. The second-order valence-electron chi connectivity index (χ2n) is 8.56. The fraction of sp³-hybridized carbons (Fsp3) is 0.750. The van der Waals surface area contributed by atoms with Crippen LogP contribution < -0.4 is 0 Å². The third kappa shape index (κ3) is 5.09. The molecule has 0 radical (unpaired) electrons. The van der Waals surface area contributed by atoms with Crippen LogP contribution in [0.5, 0.6) is 0 Å². The summed E-state index contributed by atoms with van der Waals surface area (Å²) < 4.78 is 1.77. The summed E-state index contributed by atoms with van der Waals surface area (Å²) in [4.78, 5) is 31.3. The Hall–Kier alpha value is -1.89. The van der Waals surface area contributed by atoms with Crippen molar-refractivity contribution < 1.29 is 9.59 Å². The first kappa shape index (κ1) is 19.9. The molecule has 27 heavy (non-hydrogen) atoms. The van der Waals surface area contributed by atoms with E-state index in [1.807, 2.05) is 43.3 Å². The van der Waals surface area contributed by atoms with Crippen LogP contribution in [0, 0.1) is 5.41 Å². The third-order valence-corrected chi connectivity index (χ3v) is 5.97. The monoisotopic (exact) mass is 375 g/mol. The highest BCUT2D eigenvalue weighted by molar-refractivity contribution is 5.78. The van der Waals surface area contributed by atoms with Gasteiger partial charge in [0.15, 0.2) is 0 Å². The molecule has 1 aromatic rings. The molecule has 1 spiro atoms. The van der Waals surface area contributed by atoms with Crippen molar-refractivity contribution in [1.82, 2.24) is 24.5 Å². The fourth-order valence-corrected chi connectivity index (χ4v) is 4.39.